The molecule has 1 rings (SSSR count). The molecule has 0 bridgehead atoms. The molecule has 1 aromatic rings. The number of carboxylic acids is 1. The van der Waals surface area contributed by atoms with Crippen LogP contribution in [0.3, 0.4) is 0 Å². The first-order valence-electron chi connectivity index (χ1n) is 12.5. The van der Waals surface area contributed by atoms with Crippen molar-refractivity contribution in [1.29, 1.82) is 0 Å². The van der Waals surface area contributed by atoms with E-state index in [0.29, 0.717) is 12.2 Å². The lowest BCUT2D eigenvalue weighted by Crippen LogP contribution is -2.56. The van der Waals surface area contributed by atoms with E-state index >= 15 is 0 Å². The maximum absolute atomic E-state index is 13.4. The van der Waals surface area contributed by atoms with Gasteiger partial charge < -0.3 is 29.5 Å². The molecule has 210 valence electrons. The Balaban J connectivity index is 3.18. The summed E-state index contributed by atoms with van der Waals surface area (Å²) in [6.07, 6.45) is 0.505. The second kappa shape index (κ2) is 15.7. The highest BCUT2D eigenvalue weighted by molar-refractivity contribution is 7.54. The van der Waals surface area contributed by atoms with Crippen molar-refractivity contribution >= 4 is 25.4 Å². The number of benzene rings is 1. The zero-order valence-corrected chi connectivity index (χ0v) is 23.7. The highest BCUT2D eigenvalue weighted by Crippen LogP contribution is 2.51. The molecule has 0 radical (unpaired) electrons. The molecule has 0 aliphatic rings. The summed E-state index contributed by atoms with van der Waals surface area (Å²) in [6.45, 7) is 10.6. The molecule has 2 amide bonds. The highest BCUT2D eigenvalue weighted by atomic mass is 31.2. The van der Waals surface area contributed by atoms with Crippen molar-refractivity contribution in [2.75, 3.05) is 20.3 Å². The van der Waals surface area contributed by atoms with Gasteiger partial charge in [-0.2, -0.15) is 0 Å². The van der Waals surface area contributed by atoms with Gasteiger partial charge >= 0.3 is 13.6 Å². The molecule has 12 heteroatoms. The van der Waals surface area contributed by atoms with Gasteiger partial charge in [-0.15, -0.1) is 0 Å². The van der Waals surface area contributed by atoms with E-state index < -0.39 is 49.3 Å². The predicted octanol–water partition coefficient (Wildman–Crippen LogP) is 2.93. The van der Waals surface area contributed by atoms with Gasteiger partial charge in [-0.3, -0.25) is 24.3 Å². The van der Waals surface area contributed by atoms with Gasteiger partial charge in [0.05, 0.1) is 26.4 Å². The number of methoxy groups -OCH3 is 1. The second-order valence-electron chi connectivity index (χ2n) is 9.08. The number of amides is 2. The third-order valence-corrected chi connectivity index (χ3v) is 7.85. The molecule has 1 aromatic carbocycles. The van der Waals surface area contributed by atoms with Gasteiger partial charge in [0.1, 0.15) is 23.6 Å². The number of nitrogens with one attached hydrogen (secondary N) is 3. The second-order valence-corrected chi connectivity index (χ2v) is 11.5. The largest absolute Gasteiger partial charge is 0.497 e. The van der Waals surface area contributed by atoms with Gasteiger partial charge in [0, 0.05) is 6.42 Å². The number of carbonyl (C=O) groups is 3. The molecule has 0 aromatic heterocycles. The van der Waals surface area contributed by atoms with Crippen LogP contribution in [-0.2, 0) is 34.4 Å². The molecule has 0 saturated carbocycles. The number of carbonyl (C=O) groups excluding carboxylic acids is 2. The standard InChI is InChI=1S/C25H42N3O8P/c1-8-35-37(33,36-9-2)18(6)27-21(14-16(3)4)24(30)28-22(23(29)26-17(5)25(31)32)15-19-10-12-20(34-7)13-11-19/h10-13,16-18,21-22,27H,8-9,14-15H2,1-7H3,(H,26,29)(H,28,30)(H,31,32)/t17-,18-,21-,22?/m0/s1. The van der Waals surface area contributed by atoms with Crippen molar-refractivity contribution in [3.05, 3.63) is 29.8 Å². The molecular formula is C25H42N3O8P. The van der Waals surface area contributed by atoms with Crippen LogP contribution in [0.4, 0.5) is 0 Å². The molecule has 0 aliphatic carbocycles. The van der Waals surface area contributed by atoms with Crippen LogP contribution in [0.2, 0.25) is 0 Å². The quantitative estimate of drug-likeness (QED) is 0.217. The van der Waals surface area contributed by atoms with Crippen molar-refractivity contribution in [3.8, 4) is 5.75 Å². The molecule has 0 aliphatic heterocycles. The first-order valence-corrected chi connectivity index (χ1v) is 14.1. The van der Waals surface area contributed by atoms with E-state index in [2.05, 4.69) is 16.0 Å². The molecular weight excluding hydrogens is 501 g/mol. The molecule has 0 heterocycles. The summed E-state index contributed by atoms with van der Waals surface area (Å²) >= 11 is 0. The minimum Gasteiger partial charge on any atom is -0.497 e. The van der Waals surface area contributed by atoms with Gasteiger partial charge in [0.25, 0.3) is 0 Å². The Labute approximate surface area is 219 Å². The highest BCUT2D eigenvalue weighted by Gasteiger charge is 2.36. The van der Waals surface area contributed by atoms with Crippen LogP contribution in [0, 0.1) is 5.92 Å². The van der Waals surface area contributed by atoms with Gasteiger partial charge in [-0.25, -0.2) is 0 Å². The summed E-state index contributed by atoms with van der Waals surface area (Å²) in [5.74, 6) is -2.38. The third kappa shape index (κ3) is 10.8. The van der Waals surface area contributed by atoms with Crippen LogP contribution < -0.4 is 20.7 Å². The van der Waals surface area contributed by atoms with E-state index in [0.717, 1.165) is 5.56 Å². The summed E-state index contributed by atoms with van der Waals surface area (Å²) in [5, 5.41) is 17.5. The SMILES string of the molecule is CCOP(=O)(OCC)[C@@H](C)N[C@@H](CC(C)C)C(=O)NC(Cc1ccc(OC)cc1)C(=O)N[C@@H](C)C(=O)O. The molecule has 11 nitrogen and oxygen atoms in total. The number of hydrogen-bond acceptors (Lipinski definition) is 8. The Kier molecular flexibility index (Phi) is 13.8. The first kappa shape index (κ1) is 32.6. The van der Waals surface area contributed by atoms with E-state index in [9.17, 15) is 24.1 Å². The van der Waals surface area contributed by atoms with Crippen LogP contribution in [0.5, 0.6) is 5.75 Å². The number of aliphatic carboxylic acids is 1. The number of hydrogen-bond donors (Lipinski definition) is 4. The number of carboxylic acid groups (broad SMARTS) is 1. The fourth-order valence-corrected chi connectivity index (χ4v) is 5.18. The molecule has 37 heavy (non-hydrogen) atoms. The monoisotopic (exact) mass is 543 g/mol. The fraction of sp³-hybridized carbons (Fsp3) is 0.640. The summed E-state index contributed by atoms with van der Waals surface area (Å²) in [6, 6.07) is 3.98. The predicted molar refractivity (Wildman–Crippen MR) is 141 cm³/mol. The lowest BCUT2D eigenvalue weighted by Gasteiger charge is -2.30. The van der Waals surface area contributed by atoms with E-state index in [-0.39, 0.29) is 25.6 Å². The van der Waals surface area contributed by atoms with Crippen LogP contribution in [0.25, 0.3) is 0 Å². The maximum atomic E-state index is 13.4. The van der Waals surface area contributed by atoms with Crippen molar-refractivity contribution in [3.63, 3.8) is 0 Å². The zero-order chi connectivity index (χ0) is 28.2. The van der Waals surface area contributed by atoms with Crippen LogP contribution in [0.15, 0.2) is 24.3 Å². The van der Waals surface area contributed by atoms with Gasteiger partial charge in [-0.05, 0) is 57.7 Å². The van der Waals surface area contributed by atoms with E-state index in [4.69, 9.17) is 13.8 Å². The zero-order valence-electron chi connectivity index (χ0n) is 22.8. The minimum atomic E-state index is -3.54. The Bertz CT molecular complexity index is 915. The van der Waals surface area contributed by atoms with Crippen LogP contribution in [0.1, 0.15) is 53.5 Å². The first-order chi connectivity index (χ1) is 17.4. The van der Waals surface area contributed by atoms with E-state index in [1.165, 1.54) is 14.0 Å². The van der Waals surface area contributed by atoms with Gasteiger partial charge in [-0.1, -0.05) is 26.0 Å². The Hall–Kier alpha value is -2.46. The van der Waals surface area contributed by atoms with Crippen molar-refractivity contribution < 1.29 is 37.8 Å². The van der Waals surface area contributed by atoms with Gasteiger partial charge in [0.2, 0.25) is 11.8 Å². The lowest BCUT2D eigenvalue weighted by atomic mass is 10.0. The Morgan fingerprint density at radius 2 is 1.46 bits per heavy atom. The molecule has 4 N–H and O–H groups in total. The average molecular weight is 544 g/mol. The summed E-state index contributed by atoms with van der Waals surface area (Å²) in [7, 11) is -2.00. The summed E-state index contributed by atoms with van der Waals surface area (Å²) in [4.78, 5) is 37.7. The third-order valence-electron chi connectivity index (χ3n) is 5.52. The Morgan fingerprint density at radius 3 is 1.92 bits per heavy atom. The van der Waals surface area contributed by atoms with Crippen molar-refractivity contribution in [1.82, 2.24) is 16.0 Å². The average Bonchev–Trinajstić information content (AvgIpc) is 2.83. The normalized spacial score (nSPS) is 14.9. The van der Waals surface area contributed by atoms with Crippen molar-refractivity contribution in [2.24, 2.45) is 5.92 Å². The van der Waals surface area contributed by atoms with Crippen molar-refractivity contribution in [2.45, 2.75) is 78.3 Å². The molecule has 0 spiro atoms. The molecule has 0 saturated heterocycles. The summed E-state index contributed by atoms with van der Waals surface area (Å²) < 4.78 is 29.2. The van der Waals surface area contributed by atoms with E-state index in [1.807, 2.05) is 13.8 Å². The fourth-order valence-electron chi connectivity index (χ4n) is 3.58. The molecule has 1 unspecified atom stereocenters. The number of rotatable bonds is 17. The smallest absolute Gasteiger partial charge is 0.347 e. The molecule has 0 fully saturated rings. The van der Waals surface area contributed by atoms with Gasteiger partial charge in [0.15, 0.2) is 0 Å². The Morgan fingerprint density at radius 1 is 0.919 bits per heavy atom. The summed E-state index contributed by atoms with van der Waals surface area (Å²) in [5.41, 5.74) is 0.739. The molecule has 4 atom stereocenters. The van der Waals surface area contributed by atoms with Crippen LogP contribution in [-0.4, -0.2) is 67.1 Å². The lowest BCUT2D eigenvalue weighted by molar-refractivity contribution is -0.141. The topological polar surface area (TPSA) is 152 Å². The maximum Gasteiger partial charge on any atom is 0.347 e. The van der Waals surface area contributed by atoms with Crippen LogP contribution >= 0.6 is 7.60 Å². The number of ether oxygens (including phenoxy) is 1. The minimum absolute atomic E-state index is 0.0925. The van der Waals surface area contributed by atoms with E-state index in [1.54, 1.807) is 45.0 Å².